The molecule has 0 aromatic heterocycles. The molecule has 0 saturated heterocycles. The van der Waals surface area contributed by atoms with E-state index in [1.807, 2.05) is 25.1 Å². The Morgan fingerprint density at radius 2 is 2.29 bits per heavy atom. The summed E-state index contributed by atoms with van der Waals surface area (Å²) in [4.78, 5) is 12.6. The number of carbonyl (C=O) groups is 1. The maximum Gasteiger partial charge on any atom is 0.221 e. The molecule has 0 aliphatic heterocycles. The molecule has 0 radical (unpaired) electrons. The summed E-state index contributed by atoms with van der Waals surface area (Å²) in [6.45, 7) is 2.00. The predicted molar refractivity (Wildman–Crippen MR) is 72.1 cm³/mol. The van der Waals surface area contributed by atoms with E-state index in [1.165, 1.54) is 0 Å². The van der Waals surface area contributed by atoms with E-state index in [-0.39, 0.29) is 5.91 Å². The molecule has 1 saturated carbocycles. The molecule has 0 unspecified atom stereocenters. The van der Waals surface area contributed by atoms with Gasteiger partial charge in [-0.25, -0.2) is 0 Å². The van der Waals surface area contributed by atoms with Gasteiger partial charge in [0.1, 0.15) is 0 Å². The highest BCUT2D eigenvalue weighted by Gasteiger charge is 2.22. The number of thioether (sulfide) groups is 1. The molecule has 2 rings (SSSR count). The Morgan fingerprint density at radius 1 is 1.53 bits per heavy atom. The molecule has 0 heterocycles. The van der Waals surface area contributed by atoms with Crippen LogP contribution in [0, 0.1) is 6.92 Å². The lowest BCUT2D eigenvalue weighted by atomic mass is 10.2. The minimum Gasteiger partial charge on any atom is -0.398 e. The Morgan fingerprint density at radius 3 is 3.00 bits per heavy atom. The Balaban J connectivity index is 1.77. The van der Waals surface area contributed by atoms with Crippen molar-refractivity contribution < 1.29 is 4.79 Å². The van der Waals surface area contributed by atoms with Crippen molar-refractivity contribution in [1.29, 1.82) is 0 Å². The Kier molecular flexibility index (Phi) is 3.94. The molecule has 3 nitrogen and oxygen atoms in total. The van der Waals surface area contributed by atoms with Crippen LogP contribution in [0.3, 0.4) is 0 Å². The van der Waals surface area contributed by atoms with Crippen LogP contribution in [-0.2, 0) is 4.79 Å². The summed E-state index contributed by atoms with van der Waals surface area (Å²) >= 11 is 1.65. The maximum atomic E-state index is 11.5. The lowest BCUT2D eigenvalue weighted by molar-refractivity contribution is -0.120. The van der Waals surface area contributed by atoms with E-state index in [1.54, 1.807) is 11.8 Å². The van der Waals surface area contributed by atoms with Crippen LogP contribution in [0.5, 0.6) is 0 Å². The molecule has 3 N–H and O–H groups in total. The monoisotopic (exact) mass is 250 g/mol. The first-order valence-corrected chi connectivity index (χ1v) is 6.92. The smallest absolute Gasteiger partial charge is 0.221 e. The third kappa shape index (κ3) is 3.66. The molecule has 92 valence electrons. The number of hydrogen-bond acceptors (Lipinski definition) is 3. The summed E-state index contributed by atoms with van der Waals surface area (Å²) in [5.74, 6) is 0.942. The molecule has 1 aromatic rings. The van der Waals surface area contributed by atoms with Crippen molar-refractivity contribution in [2.45, 2.75) is 37.1 Å². The number of nitrogen functional groups attached to an aromatic ring is 1. The Bertz CT molecular complexity index is 416. The van der Waals surface area contributed by atoms with Crippen molar-refractivity contribution in [1.82, 2.24) is 5.32 Å². The second-order valence-electron chi connectivity index (χ2n) is 4.43. The van der Waals surface area contributed by atoms with Crippen LogP contribution in [0.25, 0.3) is 0 Å². The first-order chi connectivity index (χ1) is 8.16. The van der Waals surface area contributed by atoms with Gasteiger partial charge in [0.25, 0.3) is 0 Å². The zero-order chi connectivity index (χ0) is 12.3. The van der Waals surface area contributed by atoms with E-state index < -0.39 is 0 Å². The quantitative estimate of drug-likeness (QED) is 0.623. The fourth-order valence-electron chi connectivity index (χ4n) is 1.56. The first kappa shape index (κ1) is 12.3. The number of rotatable bonds is 5. The highest BCUT2D eigenvalue weighted by Crippen LogP contribution is 2.27. The normalized spacial score (nSPS) is 14.6. The molecule has 1 aliphatic rings. The SMILES string of the molecule is Cc1cccc(SCCC(=O)NC2CC2)c1N. The summed E-state index contributed by atoms with van der Waals surface area (Å²) in [6, 6.07) is 6.46. The van der Waals surface area contributed by atoms with Gasteiger partial charge in [0.2, 0.25) is 5.91 Å². The average Bonchev–Trinajstić information content (AvgIpc) is 3.08. The van der Waals surface area contributed by atoms with E-state index in [0.717, 1.165) is 34.7 Å². The van der Waals surface area contributed by atoms with Gasteiger partial charge in [-0.1, -0.05) is 12.1 Å². The second kappa shape index (κ2) is 5.45. The Labute approximate surface area is 106 Å². The van der Waals surface area contributed by atoms with Gasteiger partial charge in [-0.15, -0.1) is 11.8 Å². The van der Waals surface area contributed by atoms with Crippen molar-refractivity contribution in [3.05, 3.63) is 23.8 Å². The van der Waals surface area contributed by atoms with Crippen molar-refractivity contribution in [3.63, 3.8) is 0 Å². The zero-order valence-electron chi connectivity index (χ0n) is 10.0. The van der Waals surface area contributed by atoms with Crippen molar-refractivity contribution >= 4 is 23.4 Å². The second-order valence-corrected chi connectivity index (χ2v) is 5.56. The van der Waals surface area contributed by atoms with Gasteiger partial charge in [-0.3, -0.25) is 4.79 Å². The van der Waals surface area contributed by atoms with Gasteiger partial charge < -0.3 is 11.1 Å². The lowest BCUT2D eigenvalue weighted by Gasteiger charge is -2.07. The minimum atomic E-state index is 0.159. The van der Waals surface area contributed by atoms with Crippen molar-refractivity contribution in [3.8, 4) is 0 Å². The fraction of sp³-hybridized carbons (Fsp3) is 0.462. The summed E-state index contributed by atoms with van der Waals surface area (Å²) in [7, 11) is 0. The molecule has 4 heteroatoms. The number of carbonyl (C=O) groups excluding carboxylic acids is 1. The molecular formula is C13H18N2OS. The van der Waals surface area contributed by atoms with Gasteiger partial charge in [0.15, 0.2) is 0 Å². The molecule has 1 fully saturated rings. The molecule has 0 atom stereocenters. The van der Waals surface area contributed by atoms with Crippen LogP contribution in [0.1, 0.15) is 24.8 Å². The number of anilines is 1. The number of aryl methyl sites for hydroxylation is 1. The van der Waals surface area contributed by atoms with Gasteiger partial charge in [0, 0.05) is 28.8 Å². The van der Waals surface area contributed by atoms with E-state index >= 15 is 0 Å². The molecule has 1 amide bonds. The summed E-state index contributed by atoms with van der Waals surface area (Å²) in [5, 5.41) is 2.98. The van der Waals surface area contributed by atoms with E-state index in [0.29, 0.717) is 12.5 Å². The molecule has 0 spiro atoms. The van der Waals surface area contributed by atoms with Gasteiger partial charge in [0.05, 0.1) is 0 Å². The number of nitrogens with one attached hydrogen (secondary N) is 1. The van der Waals surface area contributed by atoms with Crippen LogP contribution < -0.4 is 11.1 Å². The summed E-state index contributed by atoms with van der Waals surface area (Å²) < 4.78 is 0. The van der Waals surface area contributed by atoms with Crippen LogP contribution in [0.2, 0.25) is 0 Å². The van der Waals surface area contributed by atoms with E-state index in [9.17, 15) is 4.79 Å². The zero-order valence-corrected chi connectivity index (χ0v) is 10.8. The van der Waals surface area contributed by atoms with Crippen LogP contribution in [0.15, 0.2) is 23.1 Å². The van der Waals surface area contributed by atoms with E-state index in [2.05, 4.69) is 5.32 Å². The average molecular weight is 250 g/mol. The number of benzene rings is 1. The topological polar surface area (TPSA) is 55.1 Å². The van der Waals surface area contributed by atoms with Crippen LogP contribution >= 0.6 is 11.8 Å². The standard InChI is InChI=1S/C13H18N2OS/c1-9-3-2-4-11(13(9)14)17-8-7-12(16)15-10-5-6-10/h2-4,10H,5-8,14H2,1H3,(H,15,16). The fourth-order valence-corrected chi connectivity index (χ4v) is 2.56. The van der Waals surface area contributed by atoms with Gasteiger partial charge in [-0.2, -0.15) is 0 Å². The highest BCUT2D eigenvalue weighted by molar-refractivity contribution is 7.99. The maximum absolute atomic E-state index is 11.5. The molecule has 0 bridgehead atoms. The van der Waals surface area contributed by atoms with Crippen molar-refractivity contribution in [2.75, 3.05) is 11.5 Å². The third-order valence-corrected chi connectivity index (χ3v) is 3.89. The predicted octanol–water partition coefficient (Wildman–Crippen LogP) is 2.34. The lowest BCUT2D eigenvalue weighted by Crippen LogP contribution is -2.25. The summed E-state index contributed by atoms with van der Waals surface area (Å²) in [5.41, 5.74) is 7.90. The number of para-hydroxylation sites is 1. The van der Waals surface area contributed by atoms with Crippen LogP contribution in [-0.4, -0.2) is 17.7 Å². The summed E-state index contributed by atoms with van der Waals surface area (Å²) in [6.07, 6.45) is 2.85. The van der Waals surface area contributed by atoms with Crippen LogP contribution in [0.4, 0.5) is 5.69 Å². The number of hydrogen-bond donors (Lipinski definition) is 2. The molecular weight excluding hydrogens is 232 g/mol. The first-order valence-electron chi connectivity index (χ1n) is 5.94. The van der Waals surface area contributed by atoms with Gasteiger partial charge >= 0.3 is 0 Å². The largest absolute Gasteiger partial charge is 0.398 e. The molecule has 1 aliphatic carbocycles. The Hall–Kier alpha value is -1.16. The van der Waals surface area contributed by atoms with Gasteiger partial charge in [-0.05, 0) is 31.4 Å². The molecule has 17 heavy (non-hydrogen) atoms. The highest BCUT2D eigenvalue weighted by atomic mass is 32.2. The number of nitrogens with two attached hydrogens (primary N) is 1. The number of amides is 1. The minimum absolute atomic E-state index is 0.159. The molecule has 1 aromatic carbocycles. The van der Waals surface area contributed by atoms with Crippen molar-refractivity contribution in [2.24, 2.45) is 0 Å². The van der Waals surface area contributed by atoms with E-state index in [4.69, 9.17) is 5.73 Å². The third-order valence-electron chi connectivity index (χ3n) is 2.81.